The van der Waals surface area contributed by atoms with Gasteiger partial charge in [-0.05, 0) is 12.3 Å². The van der Waals surface area contributed by atoms with Gasteiger partial charge in [-0.15, -0.1) is 12.4 Å². The number of carbonyl (C=O) groups excluding carboxylic acids is 1. The molecule has 0 aliphatic carbocycles. The van der Waals surface area contributed by atoms with Gasteiger partial charge in [0.05, 0.1) is 12.7 Å². The molecule has 0 bridgehead atoms. The molecular weight excluding hydrogens is 240 g/mol. The maximum atomic E-state index is 12.2. The molecule has 0 aromatic heterocycles. The highest BCUT2D eigenvalue weighted by atomic mass is 35.5. The lowest BCUT2D eigenvalue weighted by molar-refractivity contribution is -0.139. The van der Waals surface area contributed by atoms with Crippen LogP contribution in [0.25, 0.3) is 0 Å². The van der Waals surface area contributed by atoms with Crippen LogP contribution in [0.5, 0.6) is 0 Å². The number of halogens is 1. The summed E-state index contributed by atoms with van der Waals surface area (Å²) in [6.45, 7) is 10.5. The molecule has 0 aromatic rings. The number of hydrogen-bond donors (Lipinski definition) is 1. The SMILES string of the molecule is C[C@H]1OCCN[C@@H]1C(=O)N(C)CC(C)(C)C.Cl. The van der Waals surface area contributed by atoms with Gasteiger partial charge >= 0.3 is 0 Å². The van der Waals surface area contributed by atoms with Gasteiger partial charge in [0, 0.05) is 20.1 Å². The zero-order chi connectivity index (χ0) is 12.3. The molecule has 0 spiro atoms. The molecule has 1 saturated heterocycles. The van der Waals surface area contributed by atoms with Crippen molar-refractivity contribution in [3.63, 3.8) is 0 Å². The summed E-state index contributed by atoms with van der Waals surface area (Å²) in [5, 5.41) is 3.22. The van der Waals surface area contributed by atoms with E-state index in [0.717, 1.165) is 13.1 Å². The Bertz CT molecular complexity index is 253. The fourth-order valence-electron chi connectivity index (χ4n) is 2.04. The number of amides is 1. The number of nitrogens with zero attached hydrogens (tertiary/aromatic N) is 1. The number of carbonyl (C=O) groups is 1. The van der Waals surface area contributed by atoms with Gasteiger partial charge < -0.3 is 15.0 Å². The Morgan fingerprint density at radius 3 is 2.53 bits per heavy atom. The zero-order valence-electron chi connectivity index (χ0n) is 11.4. The summed E-state index contributed by atoms with van der Waals surface area (Å²) in [6.07, 6.45) is -0.0383. The highest BCUT2D eigenvalue weighted by molar-refractivity contribution is 5.85. The second-order valence-corrected chi connectivity index (χ2v) is 5.76. The molecule has 0 unspecified atom stereocenters. The van der Waals surface area contributed by atoms with Crippen molar-refractivity contribution in [3.8, 4) is 0 Å². The molecule has 1 heterocycles. The molecule has 2 atom stereocenters. The largest absolute Gasteiger partial charge is 0.375 e. The van der Waals surface area contributed by atoms with Crippen LogP contribution in [0, 0.1) is 5.41 Å². The lowest BCUT2D eigenvalue weighted by atomic mass is 9.95. The summed E-state index contributed by atoms with van der Waals surface area (Å²) < 4.78 is 5.48. The lowest BCUT2D eigenvalue weighted by Crippen LogP contribution is -2.56. The topological polar surface area (TPSA) is 41.6 Å². The Morgan fingerprint density at radius 2 is 2.06 bits per heavy atom. The quantitative estimate of drug-likeness (QED) is 0.817. The lowest BCUT2D eigenvalue weighted by Gasteiger charge is -2.34. The van der Waals surface area contributed by atoms with Crippen LogP contribution in [0.2, 0.25) is 0 Å². The number of ether oxygens (including phenoxy) is 1. The van der Waals surface area contributed by atoms with Gasteiger partial charge in [-0.3, -0.25) is 4.79 Å². The summed E-state index contributed by atoms with van der Waals surface area (Å²) in [5.41, 5.74) is 0.128. The van der Waals surface area contributed by atoms with Crippen molar-refractivity contribution < 1.29 is 9.53 Å². The second kappa shape index (κ2) is 6.57. The number of rotatable bonds is 2. The van der Waals surface area contributed by atoms with Crippen LogP contribution in [0.1, 0.15) is 27.7 Å². The fourth-order valence-corrected chi connectivity index (χ4v) is 2.04. The van der Waals surface area contributed by atoms with Crippen LogP contribution < -0.4 is 5.32 Å². The molecule has 17 heavy (non-hydrogen) atoms. The summed E-state index contributed by atoms with van der Waals surface area (Å²) in [5.74, 6) is 0.127. The average molecular weight is 265 g/mol. The molecule has 1 N–H and O–H groups in total. The highest BCUT2D eigenvalue weighted by Crippen LogP contribution is 2.16. The molecule has 5 heteroatoms. The minimum absolute atomic E-state index is 0. The smallest absolute Gasteiger partial charge is 0.242 e. The maximum Gasteiger partial charge on any atom is 0.242 e. The van der Waals surface area contributed by atoms with Gasteiger partial charge in [-0.2, -0.15) is 0 Å². The Hall–Kier alpha value is -0.320. The van der Waals surface area contributed by atoms with Gasteiger partial charge in [0.15, 0.2) is 0 Å². The first kappa shape index (κ1) is 16.7. The summed E-state index contributed by atoms with van der Waals surface area (Å²) in [7, 11) is 1.86. The highest BCUT2D eigenvalue weighted by Gasteiger charge is 2.31. The predicted molar refractivity (Wildman–Crippen MR) is 71.5 cm³/mol. The van der Waals surface area contributed by atoms with Gasteiger partial charge in [-0.1, -0.05) is 20.8 Å². The van der Waals surface area contributed by atoms with Gasteiger partial charge in [-0.25, -0.2) is 0 Å². The average Bonchev–Trinajstić information content (AvgIpc) is 2.15. The third-order valence-electron chi connectivity index (χ3n) is 2.67. The van der Waals surface area contributed by atoms with Crippen LogP contribution in [-0.4, -0.2) is 49.7 Å². The van der Waals surface area contributed by atoms with Crippen molar-refractivity contribution in [3.05, 3.63) is 0 Å². The van der Waals surface area contributed by atoms with E-state index < -0.39 is 0 Å². The van der Waals surface area contributed by atoms with E-state index in [1.807, 2.05) is 14.0 Å². The molecule has 0 saturated carbocycles. The van der Waals surface area contributed by atoms with E-state index in [9.17, 15) is 4.79 Å². The van der Waals surface area contributed by atoms with Crippen molar-refractivity contribution in [2.45, 2.75) is 39.8 Å². The summed E-state index contributed by atoms with van der Waals surface area (Å²) in [6, 6.07) is -0.193. The van der Waals surface area contributed by atoms with E-state index >= 15 is 0 Å². The molecule has 1 aliphatic heterocycles. The molecule has 0 aromatic carbocycles. The molecule has 1 aliphatic rings. The van der Waals surface area contributed by atoms with Crippen LogP contribution >= 0.6 is 12.4 Å². The molecule has 4 nitrogen and oxygen atoms in total. The number of nitrogens with one attached hydrogen (secondary N) is 1. The van der Waals surface area contributed by atoms with Crippen molar-refractivity contribution in [2.75, 3.05) is 26.7 Å². The van der Waals surface area contributed by atoms with Crippen LogP contribution in [-0.2, 0) is 9.53 Å². The number of likely N-dealkylation sites (N-methyl/N-ethyl adjacent to an activating group) is 1. The normalized spacial score (nSPS) is 25.0. The van der Waals surface area contributed by atoms with Gasteiger partial charge in [0.1, 0.15) is 6.04 Å². The molecular formula is C12H25ClN2O2. The van der Waals surface area contributed by atoms with Crippen LogP contribution in [0.3, 0.4) is 0 Å². The van der Waals surface area contributed by atoms with Crippen molar-refractivity contribution in [2.24, 2.45) is 5.41 Å². The summed E-state index contributed by atoms with van der Waals surface area (Å²) in [4.78, 5) is 14.0. The number of hydrogen-bond acceptors (Lipinski definition) is 3. The van der Waals surface area contributed by atoms with Crippen LogP contribution in [0.4, 0.5) is 0 Å². The molecule has 1 rings (SSSR count). The monoisotopic (exact) mass is 264 g/mol. The van der Waals surface area contributed by atoms with Crippen molar-refractivity contribution in [1.82, 2.24) is 10.2 Å². The molecule has 1 fully saturated rings. The number of morpholine rings is 1. The first-order valence-electron chi connectivity index (χ1n) is 5.91. The van der Waals surface area contributed by atoms with E-state index in [0.29, 0.717) is 6.61 Å². The molecule has 0 radical (unpaired) electrons. The van der Waals surface area contributed by atoms with Gasteiger partial charge in [0.25, 0.3) is 0 Å². The van der Waals surface area contributed by atoms with Crippen molar-refractivity contribution in [1.29, 1.82) is 0 Å². The van der Waals surface area contributed by atoms with Crippen LogP contribution in [0.15, 0.2) is 0 Å². The van der Waals surface area contributed by atoms with Crippen molar-refractivity contribution >= 4 is 18.3 Å². The third kappa shape index (κ3) is 5.23. The predicted octanol–water partition coefficient (Wildman–Crippen LogP) is 1.29. The van der Waals surface area contributed by atoms with E-state index in [2.05, 4.69) is 26.1 Å². The zero-order valence-corrected chi connectivity index (χ0v) is 12.3. The second-order valence-electron chi connectivity index (χ2n) is 5.76. The Balaban J connectivity index is 0.00000256. The Kier molecular flexibility index (Phi) is 6.45. The van der Waals surface area contributed by atoms with E-state index in [1.54, 1.807) is 4.90 Å². The van der Waals surface area contributed by atoms with Gasteiger partial charge in [0.2, 0.25) is 5.91 Å². The van der Waals surface area contributed by atoms with E-state index in [-0.39, 0.29) is 35.9 Å². The first-order chi connectivity index (χ1) is 7.31. The standard InChI is InChI=1S/C12H24N2O2.ClH/c1-9-10(13-6-7-16-9)11(15)14(5)8-12(2,3)4;/h9-10,13H,6-8H2,1-5H3;1H/t9-,10+;/m1./s1. The Morgan fingerprint density at radius 1 is 1.47 bits per heavy atom. The Labute approximate surface area is 110 Å². The maximum absolute atomic E-state index is 12.2. The molecule has 1 amide bonds. The third-order valence-corrected chi connectivity index (χ3v) is 2.67. The molecule has 102 valence electrons. The minimum Gasteiger partial charge on any atom is -0.375 e. The van der Waals surface area contributed by atoms with E-state index in [4.69, 9.17) is 4.74 Å². The minimum atomic E-state index is -0.193. The van der Waals surface area contributed by atoms with E-state index in [1.165, 1.54) is 0 Å². The first-order valence-corrected chi connectivity index (χ1v) is 5.91. The fraction of sp³-hybridized carbons (Fsp3) is 0.917. The summed E-state index contributed by atoms with van der Waals surface area (Å²) >= 11 is 0.